The maximum absolute atomic E-state index is 12.9. The van der Waals surface area contributed by atoms with Crippen molar-refractivity contribution in [1.29, 1.82) is 5.26 Å². The van der Waals surface area contributed by atoms with Crippen LogP contribution in [-0.2, 0) is 0 Å². The van der Waals surface area contributed by atoms with Gasteiger partial charge in [-0.25, -0.2) is 4.39 Å². The van der Waals surface area contributed by atoms with Crippen LogP contribution in [-0.4, -0.2) is 7.11 Å². The Hall–Kier alpha value is -1.56. The van der Waals surface area contributed by atoms with Gasteiger partial charge in [0.25, 0.3) is 0 Å². The number of halogens is 1. The van der Waals surface area contributed by atoms with Gasteiger partial charge in [-0.2, -0.15) is 5.26 Å². The van der Waals surface area contributed by atoms with Gasteiger partial charge in [-0.15, -0.1) is 0 Å². The summed E-state index contributed by atoms with van der Waals surface area (Å²) in [6, 6.07) is 4.61. The van der Waals surface area contributed by atoms with E-state index in [1.807, 2.05) is 6.07 Å². The molecular formula is C9H8FNO. The predicted octanol–water partition coefficient (Wildman–Crippen LogP) is 2.01. The van der Waals surface area contributed by atoms with E-state index in [1.54, 1.807) is 6.92 Å². The lowest BCUT2D eigenvalue weighted by atomic mass is 10.1. The zero-order valence-electron chi connectivity index (χ0n) is 6.89. The first-order valence-electron chi connectivity index (χ1n) is 3.43. The molecule has 0 atom stereocenters. The molecule has 0 radical (unpaired) electrons. The van der Waals surface area contributed by atoms with Crippen LogP contribution in [0.1, 0.15) is 11.1 Å². The van der Waals surface area contributed by atoms with Crippen LogP contribution in [0.4, 0.5) is 4.39 Å². The van der Waals surface area contributed by atoms with Crippen LogP contribution in [0.2, 0.25) is 0 Å². The second kappa shape index (κ2) is 3.22. The number of ether oxygens (including phenoxy) is 1. The predicted molar refractivity (Wildman–Crippen MR) is 42.4 cm³/mol. The van der Waals surface area contributed by atoms with Crippen LogP contribution in [0.25, 0.3) is 0 Å². The summed E-state index contributed by atoms with van der Waals surface area (Å²) in [5.74, 6) is -0.0774. The quantitative estimate of drug-likeness (QED) is 0.637. The molecule has 0 N–H and O–H groups in total. The van der Waals surface area contributed by atoms with Crippen molar-refractivity contribution in [2.75, 3.05) is 7.11 Å². The highest BCUT2D eigenvalue weighted by molar-refractivity contribution is 5.45. The van der Waals surface area contributed by atoms with Gasteiger partial charge in [0.1, 0.15) is 17.6 Å². The highest BCUT2D eigenvalue weighted by Gasteiger charge is 2.06. The van der Waals surface area contributed by atoms with Crippen molar-refractivity contribution in [3.8, 4) is 11.8 Å². The molecule has 0 aliphatic rings. The molecule has 1 aromatic carbocycles. The summed E-state index contributed by atoms with van der Waals surface area (Å²) < 4.78 is 17.7. The number of nitriles is 1. The number of methoxy groups -OCH3 is 1. The molecule has 62 valence electrons. The first kappa shape index (κ1) is 8.54. The Kier molecular flexibility index (Phi) is 2.29. The highest BCUT2D eigenvalue weighted by atomic mass is 19.1. The molecule has 0 bridgehead atoms. The van der Waals surface area contributed by atoms with Crippen molar-refractivity contribution in [3.05, 3.63) is 29.1 Å². The fraction of sp³-hybridized carbons (Fsp3) is 0.222. The second-order valence-electron chi connectivity index (χ2n) is 2.41. The van der Waals surface area contributed by atoms with Crippen molar-refractivity contribution in [1.82, 2.24) is 0 Å². The summed E-state index contributed by atoms with van der Waals surface area (Å²) in [5, 5.41) is 8.61. The Labute approximate surface area is 70.2 Å². The summed E-state index contributed by atoms with van der Waals surface area (Å²) >= 11 is 0. The number of rotatable bonds is 1. The molecule has 1 aromatic rings. The number of hydrogen-bond donors (Lipinski definition) is 0. The molecule has 0 saturated heterocycles. The van der Waals surface area contributed by atoms with E-state index in [0.717, 1.165) is 0 Å². The summed E-state index contributed by atoms with van der Waals surface area (Å²) in [7, 11) is 1.41. The van der Waals surface area contributed by atoms with Crippen molar-refractivity contribution >= 4 is 0 Å². The third-order valence-electron chi connectivity index (χ3n) is 1.60. The van der Waals surface area contributed by atoms with Gasteiger partial charge in [-0.3, -0.25) is 0 Å². The van der Waals surface area contributed by atoms with Gasteiger partial charge in [0.15, 0.2) is 0 Å². The molecule has 0 unspecified atom stereocenters. The zero-order valence-corrected chi connectivity index (χ0v) is 6.89. The maximum Gasteiger partial charge on any atom is 0.139 e. The van der Waals surface area contributed by atoms with Gasteiger partial charge in [0.2, 0.25) is 0 Å². The molecule has 0 heterocycles. The minimum atomic E-state index is -0.356. The van der Waals surface area contributed by atoms with Crippen molar-refractivity contribution < 1.29 is 9.13 Å². The van der Waals surface area contributed by atoms with Crippen LogP contribution in [0.5, 0.6) is 5.75 Å². The smallest absolute Gasteiger partial charge is 0.139 e. The molecule has 0 spiro atoms. The first-order valence-corrected chi connectivity index (χ1v) is 3.43. The second-order valence-corrected chi connectivity index (χ2v) is 2.41. The summed E-state index contributed by atoms with van der Waals surface area (Å²) in [6.07, 6.45) is 0. The van der Waals surface area contributed by atoms with E-state index < -0.39 is 0 Å². The van der Waals surface area contributed by atoms with Crippen LogP contribution < -0.4 is 4.74 Å². The van der Waals surface area contributed by atoms with E-state index in [9.17, 15) is 4.39 Å². The number of nitrogens with zero attached hydrogens (tertiary/aromatic N) is 1. The monoisotopic (exact) mass is 165 g/mol. The molecule has 0 saturated carbocycles. The topological polar surface area (TPSA) is 33.0 Å². The lowest BCUT2D eigenvalue weighted by molar-refractivity contribution is 0.409. The normalized spacial score (nSPS) is 9.17. The Morgan fingerprint density at radius 2 is 2.17 bits per heavy atom. The minimum absolute atomic E-state index is 0.278. The average molecular weight is 165 g/mol. The molecule has 0 aliphatic heterocycles. The van der Waals surface area contributed by atoms with E-state index >= 15 is 0 Å². The fourth-order valence-electron chi connectivity index (χ4n) is 0.920. The molecule has 0 aromatic heterocycles. The largest absolute Gasteiger partial charge is 0.495 e. The van der Waals surface area contributed by atoms with Crippen LogP contribution in [0, 0.1) is 24.1 Å². The van der Waals surface area contributed by atoms with Crippen LogP contribution in [0.15, 0.2) is 12.1 Å². The lowest BCUT2D eigenvalue weighted by Crippen LogP contribution is -1.91. The van der Waals surface area contributed by atoms with Crippen molar-refractivity contribution in [3.63, 3.8) is 0 Å². The van der Waals surface area contributed by atoms with E-state index in [0.29, 0.717) is 11.1 Å². The van der Waals surface area contributed by atoms with Gasteiger partial charge < -0.3 is 4.74 Å². The Morgan fingerprint density at radius 1 is 1.50 bits per heavy atom. The lowest BCUT2D eigenvalue weighted by Gasteiger charge is -2.03. The van der Waals surface area contributed by atoms with Crippen LogP contribution in [0.3, 0.4) is 0 Å². The SMILES string of the molecule is COc1cc(F)c(C)cc1C#N. The highest BCUT2D eigenvalue weighted by Crippen LogP contribution is 2.21. The Balaban J connectivity index is 3.31. The molecule has 1 rings (SSSR count). The average Bonchev–Trinajstić information content (AvgIpc) is 2.09. The van der Waals surface area contributed by atoms with Gasteiger partial charge >= 0.3 is 0 Å². The van der Waals surface area contributed by atoms with Gasteiger partial charge in [-0.05, 0) is 18.6 Å². The number of hydrogen-bond acceptors (Lipinski definition) is 2. The maximum atomic E-state index is 12.9. The molecule has 0 aliphatic carbocycles. The van der Waals surface area contributed by atoms with Crippen molar-refractivity contribution in [2.45, 2.75) is 6.92 Å². The summed E-state index contributed by atoms with van der Waals surface area (Å²) in [6.45, 7) is 1.61. The van der Waals surface area contributed by atoms with E-state index in [1.165, 1.54) is 19.2 Å². The molecule has 0 fully saturated rings. The molecule has 2 nitrogen and oxygen atoms in total. The minimum Gasteiger partial charge on any atom is -0.495 e. The van der Waals surface area contributed by atoms with Crippen LogP contribution >= 0.6 is 0 Å². The van der Waals surface area contributed by atoms with E-state index in [-0.39, 0.29) is 11.6 Å². The van der Waals surface area contributed by atoms with E-state index in [4.69, 9.17) is 10.00 Å². The fourth-order valence-corrected chi connectivity index (χ4v) is 0.920. The van der Waals surface area contributed by atoms with Gasteiger partial charge in [0.05, 0.1) is 12.7 Å². The van der Waals surface area contributed by atoms with E-state index in [2.05, 4.69) is 0 Å². The Bertz CT molecular complexity index is 341. The molecular weight excluding hydrogens is 157 g/mol. The molecule has 3 heteroatoms. The first-order chi connectivity index (χ1) is 5.69. The van der Waals surface area contributed by atoms with Gasteiger partial charge in [0, 0.05) is 6.07 Å². The Morgan fingerprint density at radius 3 is 2.67 bits per heavy atom. The summed E-state index contributed by atoms with van der Waals surface area (Å²) in [5.41, 5.74) is 0.809. The van der Waals surface area contributed by atoms with Crippen molar-refractivity contribution in [2.24, 2.45) is 0 Å². The zero-order chi connectivity index (χ0) is 9.14. The molecule has 0 amide bonds. The third kappa shape index (κ3) is 1.37. The van der Waals surface area contributed by atoms with Gasteiger partial charge in [-0.1, -0.05) is 0 Å². The number of benzene rings is 1. The number of aryl methyl sites for hydroxylation is 1. The standard InChI is InChI=1S/C9H8FNO/c1-6-3-7(5-11)9(12-2)4-8(6)10/h3-4H,1-2H3. The third-order valence-corrected chi connectivity index (χ3v) is 1.60. The summed E-state index contributed by atoms with van der Waals surface area (Å²) in [4.78, 5) is 0. The molecule has 12 heavy (non-hydrogen) atoms.